The molecule has 3 aromatic heterocycles. The highest BCUT2D eigenvalue weighted by Gasteiger charge is 2.17. The van der Waals surface area contributed by atoms with E-state index < -0.39 is 11.6 Å². The van der Waals surface area contributed by atoms with E-state index in [1.807, 2.05) is 37.3 Å². The van der Waals surface area contributed by atoms with Gasteiger partial charge in [0.25, 0.3) is 5.91 Å². The number of hydrogen-bond acceptors (Lipinski definition) is 5. The Hall–Kier alpha value is -3.91. The normalized spacial score (nSPS) is 11.1. The van der Waals surface area contributed by atoms with Gasteiger partial charge in [-0.2, -0.15) is 0 Å². The number of furan rings is 1. The van der Waals surface area contributed by atoms with Crippen LogP contribution in [0.5, 0.6) is 0 Å². The van der Waals surface area contributed by atoms with Crippen LogP contribution in [-0.4, -0.2) is 15.9 Å². The van der Waals surface area contributed by atoms with Crippen LogP contribution in [0, 0.1) is 18.6 Å². The zero-order chi connectivity index (χ0) is 22.2. The van der Waals surface area contributed by atoms with Crippen molar-refractivity contribution in [2.24, 2.45) is 0 Å². The fourth-order valence-corrected chi connectivity index (χ4v) is 4.08. The van der Waals surface area contributed by atoms with E-state index in [0.29, 0.717) is 38.7 Å². The molecule has 0 bridgehead atoms. The molecule has 3 heterocycles. The number of rotatable bonds is 4. The first-order valence-electron chi connectivity index (χ1n) is 9.67. The minimum Gasteiger partial charge on any atom is -0.460 e. The number of hydrogen-bond donors (Lipinski definition) is 1. The van der Waals surface area contributed by atoms with E-state index >= 15 is 0 Å². The molecular weight excluding hydrogens is 432 g/mol. The molecule has 0 atom stereocenters. The van der Waals surface area contributed by atoms with E-state index in [9.17, 15) is 13.6 Å². The topological polar surface area (TPSA) is 68.0 Å². The van der Waals surface area contributed by atoms with Gasteiger partial charge in [0.2, 0.25) is 0 Å². The Kier molecular flexibility index (Phi) is 4.99. The number of thiazole rings is 1. The zero-order valence-electron chi connectivity index (χ0n) is 16.7. The molecule has 1 N–H and O–H groups in total. The van der Waals surface area contributed by atoms with Gasteiger partial charge < -0.3 is 4.42 Å². The molecule has 5 nitrogen and oxygen atoms in total. The summed E-state index contributed by atoms with van der Waals surface area (Å²) in [4.78, 5) is 22.0. The SMILES string of the molecule is Cc1ccc(-c2cc(C(=O)Nc3nc(-c4ccc(F)cc4F)cs3)c3ccccc3n2)o1. The molecule has 32 heavy (non-hydrogen) atoms. The highest BCUT2D eigenvalue weighted by Crippen LogP contribution is 2.30. The van der Waals surface area contributed by atoms with Gasteiger partial charge in [0.05, 0.1) is 16.8 Å². The second kappa shape index (κ2) is 7.97. The summed E-state index contributed by atoms with van der Waals surface area (Å²) >= 11 is 1.15. The van der Waals surface area contributed by atoms with E-state index in [1.165, 1.54) is 6.07 Å². The fourth-order valence-electron chi connectivity index (χ4n) is 3.38. The molecule has 2 aromatic carbocycles. The number of carbonyl (C=O) groups excluding carboxylic acids is 1. The summed E-state index contributed by atoms with van der Waals surface area (Å²) in [5.74, 6) is -0.461. The molecule has 1 amide bonds. The minimum absolute atomic E-state index is 0.160. The largest absolute Gasteiger partial charge is 0.460 e. The Bertz CT molecular complexity index is 1480. The molecule has 0 saturated heterocycles. The summed E-state index contributed by atoms with van der Waals surface area (Å²) in [5, 5.41) is 5.35. The summed E-state index contributed by atoms with van der Waals surface area (Å²) in [7, 11) is 0. The van der Waals surface area contributed by atoms with Crippen LogP contribution in [0.3, 0.4) is 0 Å². The molecule has 0 saturated carbocycles. The smallest absolute Gasteiger partial charge is 0.258 e. The maximum atomic E-state index is 14.1. The van der Waals surface area contributed by atoms with Gasteiger partial charge in [-0.15, -0.1) is 11.3 Å². The van der Waals surface area contributed by atoms with Crippen LogP contribution in [0.25, 0.3) is 33.6 Å². The molecule has 0 fully saturated rings. The summed E-state index contributed by atoms with van der Waals surface area (Å²) in [6.07, 6.45) is 0. The van der Waals surface area contributed by atoms with Crippen LogP contribution in [0.15, 0.2) is 70.5 Å². The van der Waals surface area contributed by atoms with E-state index in [-0.39, 0.29) is 11.5 Å². The number of benzene rings is 2. The monoisotopic (exact) mass is 447 g/mol. The predicted molar refractivity (Wildman–Crippen MR) is 120 cm³/mol. The first kappa shape index (κ1) is 20.0. The average Bonchev–Trinajstić information content (AvgIpc) is 3.42. The van der Waals surface area contributed by atoms with Gasteiger partial charge in [-0.3, -0.25) is 10.1 Å². The van der Waals surface area contributed by atoms with Gasteiger partial charge in [0, 0.05) is 22.4 Å². The number of amides is 1. The van der Waals surface area contributed by atoms with E-state index in [1.54, 1.807) is 17.5 Å². The van der Waals surface area contributed by atoms with Gasteiger partial charge in [0.15, 0.2) is 10.9 Å². The second-order valence-corrected chi connectivity index (χ2v) is 7.96. The number of nitrogens with one attached hydrogen (secondary N) is 1. The van der Waals surface area contributed by atoms with Crippen LogP contribution in [0.1, 0.15) is 16.1 Å². The first-order valence-corrected chi connectivity index (χ1v) is 10.5. The van der Waals surface area contributed by atoms with Crippen LogP contribution in [0.2, 0.25) is 0 Å². The Morgan fingerprint density at radius 1 is 1.00 bits per heavy atom. The van der Waals surface area contributed by atoms with E-state index in [4.69, 9.17) is 4.42 Å². The molecule has 0 spiro atoms. The summed E-state index contributed by atoms with van der Waals surface area (Å²) in [5.41, 5.74) is 2.07. The molecule has 8 heteroatoms. The van der Waals surface area contributed by atoms with E-state index in [2.05, 4.69) is 15.3 Å². The zero-order valence-corrected chi connectivity index (χ0v) is 17.5. The van der Waals surface area contributed by atoms with Crippen molar-refractivity contribution in [1.29, 1.82) is 0 Å². The summed E-state index contributed by atoms with van der Waals surface area (Å²) < 4.78 is 32.9. The molecule has 0 aliphatic rings. The molecule has 0 aliphatic carbocycles. The molecular formula is C24H15F2N3O2S. The van der Waals surface area contributed by atoms with Crippen molar-refractivity contribution < 1.29 is 18.0 Å². The van der Waals surface area contributed by atoms with Crippen LogP contribution < -0.4 is 5.32 Å². The van der Waals surface area contributed by atoms with Gasteiger partial charge in [-0.05, 0) is 43.3 Å². The van der Waals surface area contributed by atoms with Gasteiger partial charge >= 0.3 is 0 Å². The van der Waals surface area contributed by atoms with Crippen molar-refractivity contribution >= 4 is 33.3 Å². The Labute approximate surface area is 185 Å². The van der Waals surface area contributed by atoms with Crippen LogP contribution in [-0.2, 0) is 0 Å². The first-order chi connectivity index (χ1) is 15.5. The third-order valence-electron chi connectivity index (χ3n) is 4.89. The number of halogens is 2. The molecule has 158 valence electrons. The number of nitrogens with zero attached hydrogens (tertiary/aromatic N) is 2. The van der Waals surface area contributed by atoms with E-state index in [0.717, 1.165) is 29.2 Å². The lowest BCUT2D eigenvalue weighted by Crippen LogP contribution is -2.13. The number of carbonyl (C=O) groups is 1. The van der Waals surface area contributed by atoms with Crippen molar-refractivity contribution in [2.45, 2.75) is 6.92 Å². The Morgan fingerprint density at radius 3 is 2.62 bits per heavy atom. The van der Waals surface area contributed by atoms with Crippen molar-refractivity contribution in [1.82, 2.24) is 9.97 Å². The Morgan fingerprint density at radius 2 is 1.84 bits per heavy atom. The number of anilines is 1. The third kappa shape index (κ3) is 3.76. The van der Waals surface area contributed by atoms with Crippen molar-refractivity contribution in [3.8, 4) is 22.7 Å². The van der Waals surface area contributed by atoms with Crippen LogP contribution >= 0.6 is 11.3 Å². The van der Waals surface area contributed by atoms with Gasteiger partial charge in [-0.25, -0.2) is 18.7 Å². The minimum atomic E-state index is -0.716. The maximum absolute atomic E-state index is 14.1. The standard InChI is InChI=1S/C24H15F2N3O2S/c1-13-6-9-22(31-13)20-11-17(15-4-2-3-5-19(15)27-20)23(30)29-24-28-21(12-32-24)16-8-7-14(25)10-18(16)26/h2-12H,1H3,(H,28,29,30). The van der Waals surface area contributed by atoms with Crippen molar-refractivity contribution in [2.75, 3.05) is 5.32 Å². The van der Waals surface area contributed by atoms with Crippen LogP contribution in [0.4, 0.5) is 13.9 Å². The van der Waals surface area contributed by atoms with Crippen molar-refractivity contribution in [3.05, 3.63) is 89.0 Å². The number of aromatic nitrogens is 2. The molecule has 5 rings (SSSR count). The lowest BCUT2D eigenvalue weighted by Gasteiger charge is -2.08. The second-order valence-electron chi connectivity index (χ2n) is 7.10. The molecule has 0 radical (unpaired) electrons. The lowest BCUT2D eigenvalue weighted by atomic mass is 10.1. The number of aryl methyl sites for hydroxylation is 1. The summed E-state index contributed by atoms with van der Waals surface area (Å²) in [6, 6.07) is 15.9. The van der Waals surface area contributed by atoms with Gasteiger partial charge in [0.1, 0.15) is 23.1 Å². The summed E-state index contributed by atoms with van der Waals surface area (Å²) in [6.45, 7) is 1.84. The predicted octanol–water partition coefficient (Wildman–Crippen LogP) is 6.46. The number of fused-ring (bicyclic) bond motifs is 1. The maximum Gasteiger partial charge on any atom is 0.258 e. The molecule has 0 unspecified atom stereocenters. The lowest BCUT2D eigenvalue weighted by molar-refractivity contribution is 0.102. The highest BCUT2D eigenvalue weighted by atomic mass is 32.1. The molecule has 5 aromatic rings. The number of para-hydroxylation sites is 1. The molecule has 0 aliphatic heterocycles. The van der Waals surface area contributed by atoms with Crippen molar-refractivity contribution in [3.63, 3.8) is 0 Å². The van der Waals surface area contributed by atoms with Gasteiger partial charge in [-0.1, -0.05) is 18.2 Å². The third-order valence-corrected chi connectivity index (χ3v) is 5.64. The fraction of sp³-hybridized carbons (Fsp3) is 0.0417. The average molecular weight is 447 g/mol. The number of pyridine rings is 1. The quantitative estimate of drug-likeness (QED) is 0.343. The Balaban J connectivity index is 1.49. The highest BCUT2D eigenvalue weighted by molar-refractivity contribution is 7.14.